The molecule has 2 aromatic rings. The Morgan fingerprint density at radius 2 is 2.29 bits per heavy atom. The van der Waals surface area contributed by atoms with Crippen molar-refractivity contribution in [2.45, 2.75) is 32.2 Å². The third-order valence-corrected chi connectivity index (χ3v) is 3.91. The third kappa shape index (κ3) is 2.69. The molecule has 0 radical (unpaired) electrons. The second kappa shape index (κ2) is 5.33. The Bertz CT molecular complexity index is 733. The zero-order valence-corrected chi connectivity index (χ0v) is 12.0. The molecule has 1 aliphatic heterocycles. The topological polar surface area (TPSA) is 96.5 Å². The zero-order chi connectivity index (χ0) is 15.0. The number of primary amides is 1. The summed E-state index contributed by atoms with van der Waals surface area (Å²) in [5.41, 5.74) is 7.40. The summed E-state index contributed by atoms with van der Waals surface area (Å²) in [5, 5.41) is 2.95. The van der Waals surface area contributed by atoms with Crippen LogP contribution < -0.4 is 11.3 Å². The summed E-state index contributed by atoms with van der Waals surface area (Å²) in [6, 6.07) is 3.37. The monoisotopic (exact) mass is 289 g/mol. The Kier molecular flexibility index (Phi) is 3.50. The second-order valence-electron chi connectivity index (χ2n) is 5.60. The van der Waals surface area contributed by atoms with Crippen LogP contribution in [0.4, 0.5) is 0 Å². The number of aromatic amines is 1. The second-order valence-corrected chi connectivity index (χ2v) is 5.60. The van der Waals surface area contributed by atoms with Crippen molar-refractivity contribution in [1.29, 1.82) is 0 Å². The van der Waals surface area contributed by atoms with Crippen LogP contribution in [0.25, 0.3) is 5.65 Å². The maximum absolute atomic E-state index is 12.2. The molecule has 1 fully saturated rings. The first-order valence-corrected chi connectivity index (χ1v) is 7.16. The minimum atomic E-state index is -0.350. The molecule has 112 valence electrons. The highest BCUT2D eigenvalue weighted by atomic mass is 16.1. The van der Waals surface area contributed by atoms with Crippen LogP contribution in [-0.2, 0) is 4.79 Å². The minimum Gasteiger partial charge on any atom is -0.369 e. The van der Waals surface area contributed by atoms with E-state index >= 15 is 0 Å². The molecule has 0 saturated carbocycles. The number of amides is 1. The number of nitrogens with one attached hydrogen (secondary N) is 1. The lowest BCUT2D eigenvalue weighted by Gasteiger charge is -2.34. The molecule has 1 atom stereocenters. The van der Waals surface area contributed by atoms with Gasteiger partial charge in [0.05, 0.1) is 18.3 Å². The maximum Gasteiger partial charge on any atom is 0.272 e. The van der Waals surface area contributed by atoms with Gasteiger partial charge in [0, 0.05) is 17.8 Å². The summed E-state index contributed by atoms with van der Waals surface area (Å²) in [7, 11) is 0. The third-order valence-electron chi connectivity index (χ3n) is 3.91. The van der Waals surface area contributed by atoms with E-state index < -0.39 is 0 Å². The van der Waals surface area contributed by atoms with E-state index in [0.29, 0.717) is 5.65 Å². The van der Waals surface area contributed by atoms with Crippen LogP contribution in [-0.4, -0.2) is 38.5 Å². The molecule has 21 heavy (non-hydrogen) atoms. The smallest absolute Gasteiger partial charge is 0.272 e. The van der Waals surface area contributed by atoms with E-state index in [-0.39, 0.29) is 24.1 Å². The average molecular weight is 289 g/mol. The van der Waals surface area contributed by atoms with E-state index in [9.17, 15) is 9.59 Å². The van der Waals surface area contributed by atoms with Gasteiger partial charge in [0.25, 0.3) is 5.56 Å². The number of nitrogens with two attached hydrogens (primary N) is 1. The van der Waals surface area contributed by atoms with Gasteiger partial charge in [0.15, 0.2) is 5.65 Å². The highest BCUT2D eigenvalue weighted by Gasteiger charge is 2.26. The lowest BCUT2D eigenvalue weighted by molar-refractivity contribution is -0.120. The average Bonchev–Trinajstić information content (AvgIpc) is 2.80. The van der Waals surface area contributed by atoms with Crippen molar-refractivity contribution >= 4 is 11.6 Å². The molecule has 1 saturated heterocycles. The summed E-state index contributed by atoms with van der Waals surface area (Å²) >= 11 is 0. The highest BCUT2D eigenvalue weighted by molar-refractivity contribution is 5.76. The van der Waals surface area contributed by atoms with E-state index in [1.807, 2.05) is 17.9 Å². The largest absolute Gasteiger partial charge is 0.369 e. The molecule has 0 aliphatic carbocycles. The fraction of sp³-hybridized carbons (Fsp3) is 0.500. The van der Waals surface area contributed by atoms with E-state index in [4.69, 9.17) is 5.73 Å². The number of fused-ring (bicyclic) bond motifs is 1. The number of piperidine rings is 1. The molecule has 0 aromatic carbocycles. The van der Waals surface area contributed by atoms with Crippen molar-refractivity contribution in [3.63, 3.8) is 0 Å². The number of hydrogen-bond donors (Lipinski definition) is 2. The Hall–Kier alpha value is -2.15. The first-order chi connectivity index (χ1) is 10.0. The minimum absolute atomic E-state index is 0.0147. The lowest BCUT2D eigenvalue weighted by atomic mass is 9.99. The van der Waals surface area contributed by atoms with Gasteiger partial charge in [-0.1, -0.05) is 6.42 Å². The Labute approximate surface area is 121 Å². The summed E-state index contributed by atoms with van der Waals surface area (Å²) in [4.78, 5) is 30.0. The SMILES string of the molecule is Cc1cc2nc([C@H]3CCCCN3CC(N)=O)cc(=O)n2[nH]1. The number of H-pyrrole nitrogens is 1. The van der Waals surface area contributed by atoms with E-state index in [1.165, 1.54) is 4.52 Å². The molecule has 2 aromatic heterocycles. The van der Waals surface area contributed by atoms with Gasteiger partial charge < -0.3 is 5.73 Å². The summed E-state index contributed by atoms with van der Waals surface area (Å²) in [6.45, 7) is 2.90. The number of aromatic nitrogens is 3. The van der Waals surface area contributed by atoms with Crippen molar-refractivity contribution in [2.75, 3.05) is 13.1 Å². The quantitative estimate of drug-likeness (QED) is 0.851. The van der Waals surface area contributed by atoms with Gasteiger partial charge in [-0.2, -0.15) is 0 Å². The van der Waals surface area contributed by atoms with Gasteiger partial charge in [-0.15, -0.1) is 0 Å². The Morgan fingerprint density at radius 3 is 3.05 bits per heavy atom. The molecule has 0 unspecified atom stereocenters. The van der Waals surface area contributed by atoms with Gasteiger partial charge in [0.1, 0.15) is 0 Å². The first-order valence-electron chi connectivity index (χ1n) is 7.16. The van der Waals surface area contributed by atoms with Crippen LogP contribution in [0.5, 0.6) is 0 Å². The van der Waals surface area contributed by atoms with Gasteiger partial charge in [-0.05, 0) is 26.3 Å². The molecule has 7 heteroatoms. The zero-order valence-electron chi connectivity index (χ0n) is 12.0. The number of carbonyl (C=O) groups is 1. The van der Waals surface area contributed by atoms with E-state index in [1.54, 1.807) is 6.07 Å². The van der Waals surface area contributed by atoms with Crippen LogP contribution in [0.15, 0.2) is 16.9 Å². The van der Waals surface area contributed by atoms with Crippen molar-refractivity contribution in [1.82, 2.24) is 19.5 Å². The number of rotatable bonds is 3. The van der Waals surface area contributed by atoms with Gasteiger partial charge in [-0.3, -0.25) is 19.6 Å². The lowest BCUT2D eigenvalue weighted by Crippen LogP contribution is -2.40. The molecule has 0 bridgehead atoms. The Morgan fingerprint density at radius 1 is 1.48 bits per heavy atom. The fourth-order valence-electron chi connectivity index (χ4n) is 3.02. The molecule has 0 spiro atoms. The van der Waals surface area contributed by atoms with Crippen molar-refractivity contribution in [3.8, 4) is 0 Å². The molecule has 3 N–H and O–H groups in total. The molecular weight excluding hydrogens is 270 g/mol. The number of nitrogens with zero attached hydrogens (tertiary/aromatic N) is 3. The summed E-state index contributed by atoms with van der Waals surface area (Å²) in [6.07, 6.45) is 2.99. The standard InChI is InChI=1S/C14H19N5O2/c1-9-6-13-16-10(7-14(21)19(13)17-9)11-4-2-3-5-18(11)8-12(15)20/h6-7,11,17H,2-5,8H2,1H3,(H2,15,20)/t11-/m1/s1. The van der Waals surface area contributed by atoms with Crippen LogP contribution in [0.3, 0.4) is 0 Å². The van der Waals surface area contributed by atoms with Crippen LogP contribution in [0.1, 0.15) is 36.7 Å². The van der Waals surface area contributed by atoms with E-state index in [2.05, 4.69) is 10.1 Å². The molecule has 3 heterocycles. The molecule has 1 aliphatic rings. The normalized spacial score (nSPS) is 20.0. The predicted molar refractivity (Wildman–Crippen MR) is 77.9 cm³/mol. The summed E-state index contributed by atoms with van der Waals surface area (Å²) in [5.74, 6) is -0.350. The number of aryl methyl sites for hydroxylation is 1. The van der Waals surface area contributed by atoms with Crippen molar-refractivity contribution in [2.24, 2.45) is 5.73 Å². The molecule has 1 amide bonds. The number of likely N-dealkylation sites (tertiary alicyclic amines) is 1. The van der Waals surface area contributed by atoms with Crippen LogP contribution in [0.2, 0.25) is 0 Å². The fourth-order valence-corrected chi connectivity index (χ4v) is 3.02. The van der Waals surface area contributed by atoms with Gasteiger partial charge >= 0.3 is 0 Å². The van der Waals surface area contributed by atoms with E-state index in [0.717, 1.165) is 37.2 Å². The predicted octanol–water partition coefficient (Wildman–Crippen LogP) is 0.343. The molecule has 7 nitrogen and oxygen atoms in total. The Balaban J connectivity index is 2.00. The summed E-state index contributed by atoms with van der Waals surface area (Å²) < 4.78 is 1.43. The highest BCUT2D eigenvalue weighted by Crippen LogP contribution is 2.29. The van der Waals surface area contributed by atoms with Crippen LogP contribution >= 0.6 is 0 Å². The first kappa shape index (κ1) is 13.8. The van der Waals surface area contributed by atoms with Crippen LogP contribution in [0, 0.1) is 6.92 Å². The van der Waals surface area contributed by atoms with Crippen molar-refractivity contribution < 1.29 is 4.79 Å². The maximum atomic E-state index is 12.2. The van der Waals surface area contributed by atoms with Gasteiger partial charge in [-0.25, -0.2) is 9.50 Å². The van der Waals surface area contributed by atoms with Gasteiger partial charge in [0.2, 0.25) is 5.91 Å². The number of hydrogen-bond acceptors (Lipinski definition) is 4. The molecular formula is C14H19N5O2. The van der Waals surface area contributed by atoms with Crippen molar-refractivity contribution in [3.05, 3.63) is 33.9 Å². The molecule has 3 rings (SSSR count). The number of carbonyl (C=O) groups excluding carboxylic acids is 1.